The highest BCUT2D eigenvalue weighted by molar-refractivity contribution is 5.66. The van der Waals surface area contributed by atoms with Gasteiger partial charge in [-0.2, -0.15) is 0 Å². The van der Waals surface area contributed by atoms with E-state index in [4.69, 9.17) is 9.47 Å². The van der Waals surface area contributed by atoms with Crippen LogP contribution < -0.4 is 0 Å². The van der Waals surface area contributed by atoms with Crippen LogP contribution in [0.5, 0.6) is 0 Å². The molecule has 4 nitrogen and oxygen atoms in total. The van der Waals surface area contributed by atoms with Crippen LogP contribution in [-0.4, -0.2) is 25.0 Å². The lowest BCUT2D eigenvalue weighted by Gasteiger charge is -2.36. The molecule has 0 heterocycles. The number of rotatable bonds is 14. The van der Waals surface area contributed by atoms with E-state index < -0.39 is 5.60 Å². The van der Waals surface area contributed by atoms with Gasteiger partial charge < -0.3 is 14.3 Å². The fourth-order valence-corrected chi connectivity index (χ4v) is 4.81. The highest BCUT2D eigenvalue weighted by Gasteiger charge is 2.37. The normalized spacial score (nSPS) is 14.1. The van der Waals surface area contributed by atoms with Crippen LogP contribution >= 0.6 is 0 Å². The van der Waals surface area contributed by atoms with E-state index in [1.54, 1.807) is 0 Å². The number of hydrogen-bond acceptors (Lipinski definition) is 4. The summed E-state index contributed by atoms with van der Waals surface area (Å²) in [7, 11) is 0. The monoisotopic (exact) mass is 498 g/mol. The van der Waals surface area contributed by atoms with Crippen molar-refractivity contribution in [3.05, 3.63) is 120 Å². The van der Waals surface area contributed by atoms with Gasteiger partial charge in [0.15, 0.2) is 0 Å². The number of esters is 1. The van der Waals surface area contributed by atoms with Crippen molar-refractivity contribution in [1.29, 1.82) is 0 Å². The van der Waals surface area contributed by atoms with E-state index in [2.05, 4.69) is 49.4 Å². The van der Waals surface area contributed by atoms with Crippen LogP contribution in [0.15, 0.2) is 103 Å². The summed E-state index contributed by atoms with van der Waals surface area (Å²) in [6.45, 7) is 5.97. The van der Waals surface area contributed by atoms with E-state index in [9.17, 15) is 9.59 Å². The summed E-state index contributed by atoms with van der Waals surface area (Å²) < 4.78 is 12.2. The average Bonchev–Trinajstić information content (AvgIpc) is 2.92. The minimum absolute atomic E-state index is 0.173. The lowest BCUT2D eigenvalue weighted by Crippen LogP contribution is -2.33. The van der Waals surface area contributed by atoms with Gasteiger partial charge in [-0.25, -0.2) is 0 Å². The third-order valence-electron chi connectivity index (χ3n) is 6.76. The smallest absolute Gasteiger partial charge is 0.303 e. The number of hydrogen-bond donors (Lipinski definition) is 0. The first-order chi connectivity index (χ1) is 18.0. The lowest BCUT2D eigenvalue weighted by atomic mass is 9.80. The Labute approximate surface area is 221 Å². The highest BCUT2D eigenvalue weighted by Crippen LogP contribution is 2.40. The van der Waals surface area contributed by atoms with Crippen molar-refractivity contribution < 1.29 is 19.1 Å². The van der Waals surface area contributed by atoms with Crippen LogP contribution in [0.4, 0.5) is 0 Å². The van der Waals surface area contributed by atoms with E-state index in [-0.39, 0.29) is 23.9 Å². The topological polar surface area (TPSA) is 52.6 Å². The molecule has 3 rings (SSSR count). The third kappa shape index (κ3) is 7.74. The molecule has 0 bridgehead atoms. The molecule has 0 aromatic heterocycles. The molecule has 0 aliphatic heterocycles. The fraction of sp³-hybridized carbons (Fsp3) is 0.333. The van der Waals surface area contributed by atoms with Crippen LogP contribution in [0.25, 0.3) is 0 Å². The maximum absolute atomic E-state index is 11.3. The van der Waals surface area contributed by atoms with Crippen molar-refractivity contribution in [1.82, 2.24) is 0 Å². The number of ether oxygens (including phenoxy) is 2. The van der Waals surface area contributed by atoms with Crippen LogP contribution in [-0.2, 0) is 24.7 Å². The van der Waals surface area contributed by atoms with Crippen molar-refractivity contribution in [2.24, 2.45) is 11.8 Å². The second kappa shape index (κ2) is 14.3. The summed E-state index contributed by atoms with van der Waals surface area (Å²) in [5.41, 5.74) is 2.48. The Balaban J connectivity index is 1.87. The Morgan fingerprint density at radius 2 is 1.27 bits per heavy atom. The predicted molar refractivity (Wildman–Crippen MR) is 148 cm³/mol. The summed E-state index contributed by atoms with van der Waals surface area (Å²) >= 11 is 0. The largest absolute Gasteiger partial charge is 0.459 e. The third-order valence-corrected chi connectivity index (χ3v) is 6.76. The number of allylic oxidation sites excluding steroid dienone is 1. The second-order valence-corrected chi connectivity index (χ2v) is 9.50. The molecule has 0 saturated heterocycles. The van der Waals surface area contributed by atoms with Crippen LogP contribution in [0.1, 0.15) is 56.7 Å². The molecule has 0 saturated carbocycles. The number of benzene rings is 3. The Bertz CT molecular complexity index is 1010. The van der Waals surface area contributed by atoms with Gasteiger partial charge in [-0.05, 0) is 54.4 Å². The zero-order chi connectivity index (χ0) is 26.5. The molecular formula is C33H38O4. The molecule has 0 fully saturated rings. The zero-order valence-electron chi connectivity index (χ0n) is 22.1. The minimum atomic E-state index is -0.749. The first kappa shape index (κ1) is 28.1. The molecule has 0 aliphatic carbocycles. The van der Waals surface area contributed by atoms with Crippen LogP contribution in [0, 0.1) is 11.8 Å². The lowest BCUT2D eigenvalue weighted by molar-refractivity contribution is -0.143. The Morgan fingerprint density at radius 3 is 1.70 bits per heavy atom. The van der Waals surface area contributed by atoms with Crippen molar-refractivity contribution >= 4 is 12.3 Å². The molecule has 3 atom stereocenters. The Hall–Kier alpha value is -3.50. The van der Waals surface area contributed by atoms with Crippen molar-refractivity contribution in [2.45, 2.75) is 51.7 Å². The number of carbonyl (C=O) groups is 2. The molecule has 3 aromatic rings. The second-order valence-electron chi connectivity index (χ2n) is 9.50. The maximum atomic E-state index is 11.3. The molecule has 194 valence electrons. The highest BCUT2D eigenvalue weighted by atomic mass is 16.5. The summed E-state index contributed by atoms with van der Waals surface area (Å²) in [4.78, 5) is 22.4. The molecule has 1 unspecified atom stereocenters. The predicted octanol–water partition coefficient (Wildman–Crippen LogP) is 7.12. The first-order valence-corrected chi connectivity index (χ1v) is 13.1. The summed E-state index contributed by atoms with van der Waals surface area (Å²) in [5, 5.41) is 0. The zero-order valence-corrected chi connectivity index (χ0v) is 22.1. The molecule has 4 heteroatoms. The van der Waals surface area contributed by atoms with E-state index >= 15 is 0 Å². The van der Waals surface area contributed by atoms with Gasteiger partial charge in [0.2, 0.25) is 0 Å². The quantitative estimate of drug-likeness (QED) is 0.103. The molecule has 3 aromatic carbocycles. The van der Waals surface area contributed by atoms with E-state index in [0.29, 0.717) is 13.0 Å². The van der Waals surface area contributed by atoms with Gasteiger partial charge in [0.1, 0.15) is 18.0 Å². The SMILES string of the molecule is CC(=O)OC(C)/C=C/[C@H](CCC=O)[C@@H](C)CCOC(c1ccccc1)(c1ccccc1)c1ccccc1. The molecule has 37 heavy (non-hydrogen) atoms. The molecule has 0 radical (unpaired) electrons. The fourth-order valence-electron chi connectivity index (χ4n) is 4.81. The summed E-state index contributed by atoms with van der Waals surface area (Å²) in [6.07, 6.45) is 6.70. The Kier molecular flexibility index (Phi) is 10.8. The van der Waals surface area contributed by atoms with Gasteiger partial charge in [-0.1, -0.05) is 104 Å². The standard InChI is InChI=1S/C33H38O4/c1-26(29(14-13-24-34)22-21-27(2)37-28(3)35)23-25-36-33(30-15-7-4-8-16-30,31-17-9-5-10-18-31)32-19-11-6-12-20-32/h4-12,15-22,24,26-27,29H,13-14,23,25H2,1-3H3/b22-21+/t26-,27?,29-/m0/s1. The molecule has 0 spiro atoms. The number of carbonyl (C=O) groups excluding carboxylic acids is 2. The minimum Gasteiger partial charge on any atom is -0.459 e. The van der Waals surface area contributed by atoms with Gasteiger partial charge in [0, 0.05) is 20.0 Å². The van der Waals surface area contributed by atoms with Crippen molar-refractivity contribution in [3.63, 3.8) is 0 Å². The summed E-state index contributed by atoms with van der Waals surface area (Å²) in [5.74, 6) is 0.134. The van der Waals surface area contributed by atoms with Crippen LogP contribution in [0.2, 0.25) is 0 Å². The van der Waals surface area contributed by atoms with E-state index in [1.807, 2.05) is 67.6 Å². The van der Waals surface area contributed by atoms with Gasteiger partial charge >= 0.3 is 5.97 Å². The molecule has 0 amide bonds. The van der Waals surface area contributed by atoms with Gasteiger partial charge in [0.05, 0.1) is 0 Å². The van der Waals surface area contributed by atoms with Crippen LogP contribution in [0.3, 0.4) is 0 Å². The van der Waals surface area contributed by atoms with Gasteiger partial charge in [-0.3, -0.25) is 4.79 Å². The molecule has 0 aliphatic rings. The first-order valence-electron chi connectivity index (χ1n) is 13.1. The molecule has 0 N–H and O–H groups in total. The number of aldehydes is 1. The van der Waals surface area contributed by atoms with Gasteiger partial charge in [-0.15, -0.1) is 0 Å². The van der Waals surface area contributed by atoms with E-state index in [0.717, 1.165) is 35.8 Å². The molecular weight excluding hydrogens is 460 g/mol. The Morgan fingerprint density at radius 1 is 0.784 bits per heavy atom. The van der Waals surface area contributed by atoms with E-state index in [1.165, 1.54) is 6.92 Å². The van der Waals surface area contributed by atoms with Crippen molar-refractivity contribution in [2.75, 3.05) is 6.61 Å². The average molecular weight is 499 g/mol. The summed E-state index contributed by atoms with van der Waals surface area (Å²) in [6, 6.07) is 31.1. The van der Waals surface area contributed by atoms with Crippen molar-refractivity contribution in [3.8, 4) is 0 Å². The van der Waals surface area contributed by atoms with Gasteiger partial charge in [0.25, 0.3) is 0 Å². The maximum Gasteiger partial charge on any atom is 0.303 e.